The van der Waals surface area contributed by atoms with E-state index in [1.165, 1.54) is 12.5 Å². The maximum absolute atomic E-state index is 13.5. The van der Waals surface area contributed by atoms with Gasteiger partial charge in [0.15, 0.2) is 0 Å². The third kappa shape index (κ3) is 2.75. The molecule has 2 heterocycles. The lowest BCUT2D eigenvalue weighted by atomic mass is 10.1. The van der Waals surface area contributed by atoms with Crippen LogP contribution >= 0.6 is 0 Å². The molecule has 22 heavy (non-hydrogen) atoms. The predicted octanol–water partition coefficient (Wildman–Crippen LogP) is 3.60. The Hall–Kier alpha value is -2.17. The van der Waals surface area contributed by atoms with E-state index >= 15 is 0 Å². The van der Waals surface area contributed by atoms with Gasteiger partial charge in [-0.3, -0.25) is 0 Å². The van der Waals surface area contributed by atoms with Gasteiger partial charge in [0.1, 0.15) is 11.6 Å². The van der Waals surface area contributed by atoms with Gasteiger partial charge >= 0.3 is 0 Å². The Morgan fingerprint density at radius 3 is 2.55 bits per heavy atom. The number of phenols is 1. The minimum atomic E-state index is -0.414. The Labute approximate surface area is 129 Å². The largest absolute Gasteiger partial charge is 0.507 e. The van der Waals surface area contributed by atoms with Crippen LogP contribution in [0.2, 0.25) is 0 Å². The van der Waals surface area contributed by atoms with Crippen LogP contribution in [0.15, 0.2) is 18.2 Å². The van der Waals surface area contributed by atoms with E-state index in [0.717, 1.165) is 31.6 Å². The van der Waals surface area contributed by atoms with Crippen LogP contribution in [0.25, 0.3) is 11.3 Å². The Morgan fingerprint density at radius 2 is 1.82 bits per heavy atom. The smallest absolute Gasteiger partial charge is 0.226 e. The van der Waals surface area contributed by atoms with Crippen molar-refractivity contribution in [1.82, 2.24) is 9.97 Å². The summed E-state index contributed by atoms with van der Waals surface area (Å²) < 4.78 is 13.5. The average molecular weight is 301 g/mol. The minimum absolute atomic E-state index is 0.0531. The SMILES string of the molecule is Cc1cc(-c2ccc(F)c(C)c2O)nc(N2CCCCC2)n1. The van der Waals surface area contributed by atoms with Crippen molar-refractivity contribution in [2.45, 2.75) is 33.1 Å². The highest BCUT2D eigenvalue weighted by atomic mass is 19.1. The first-order chi connectivity index (χ1) is 10.6. The third-order valence-corrected chi connectivity index (χ3v) is 4.12. The van der Waals surface area contributed by atoms with Gasteiger partial charge in [0.05, 0.1) is 5.69 Å². The van der Waals surface area contributed by atoms with Crippen LogP contribution in [0.1, 0.15) is 30.5 Å². The number of phenolic OH excluding ortho intramolecular Hbond substituents is 1. The van der Waals surface area contributed by atoms with Gasteiger partial charge in [-0.25, -0.2) is 14.4 Å². The summed E-state index contributed by atoms with van der Waals surface area (Å²) in [6.45, 7) is 5.38. The van der Waals surface area contributed by atoms with Crippen molar-refractivity contribution >= 4 is 5.95 Å². The van der Waals surface area contributed by atoms with Crippen LogP contribution < -0.4 is 4.90 Å². The number of aromatic nitrogens is 2. The highest BCUT2D eigenvalue weighted by Crippen LogP contribution is 2.33. The minimum Gasteiger partial charge on any atom is -0.507 e. The number of aryl methyl sites for hydroxylation is 1. The molecule has 0 atom stereocenters. The molecule has 5 heteroatoms. The van der Waals surface area contributed by atoms with Crippen molar-refractivity contribution < 1.29 is 9.50 Å². The van der Waals surface area contributed by atoms with Gasteiger partial charge in [-0.15, -0.1) is 0 Å². The maximum atomic E-state index is 13.5. The number of halogens is 1. The second-order valence-corrected chi connectivity index (χ2v) is 5.81. The number of rotatable bonds is 2. The summed E-state index contributed by atoms with van der Waals surface area (Å²) in [4.78, 5) is 11.3. The molecule has 0 saturated carbocycles. The van der Waals surface area contributed by atoms with E-state index in [9.17, 15) is 9.50 Å². The number of hydrogen-bond donors (Lipinski definition) is 1. The number of piperidine rings is 1. The lowest BCUT2D eigenvalue weighted by molar-refractivity contribution is 0.465. The standard InChI is InChI=1S/C17H20FN3O/c1-11-10-15(13-6-7-14(18)12(2)16(13)22)20-17(19-11)21-8-4-3-5-9-21/h6-7,10,22H,3-5,8-9H2,1-2H3. The zero-order valence-electron chi connectivity index (χ0n) is 12.9. The number of benzene rings is 1. The predicted molar refractivity (Wildman–Crippen MR) is 84.6 cm³/mol. The van der Waals surface area contributed by atoms with Crippen LogP contribution in [-0.4, -0.2) is 28.2 Å². The van der Waals surface area contributed by atoms with E-state index in [1.54, 1.807) is 13.0 Å². The Morgan fingerprint density at radius 1 is 1.09 bits per heavy atom. The summed E-state index contributed by atoms with van der Waals surface area (Å²) >= 11 is 0. The van der Waals surface area contributed by atoms with Crippen molar-refractivity contribution in [3.63, 3.8) is 0 Å². The van der Waals surface area contributed by atoms with Crippen LogP contribution in [0.5, 0.6) is 5.75 Å². The summed E-state index contributed by atoms with van der Waals surface area (Å²) in [7, 11) is 0. The average Bonchev–Trinajstić information content (AvgIpc) is 2.53. The summed E-state index contributed by atoms with van der Waals surface area (Å²) in [6.07, 6.45) is 3.54. The van der Waals surface area contributed by atoms with Crippen molar-refractivity contribution in [2.75, 3.05) is 18.0 Å². The molecule has 4 nitrogen and oxygen atoms in total. The first-order valence-electron chi connectivity index (χ1n) is 7.65. The zero-order chi connectivity index (χ0) is 15.7. The molecule has 116 valence electrons. The monoisotopic (exact) mass is 301 g/mol. The fraction of sp³-hybridized carbons (Fsp3) is 0.412. The molecule has 1 saturated heterocycles. The molecule has 0 amide bonds. The molecule has 1 aromatic heterocycles. The summed E-state index contributed by atoms with van der Waals surface area (Å²) in [5.74, 6) is 0.224. The quantitative estimate of drug-likeness (QED) is 0.921. The second kappa shape index (κ2) is 5.91. The van der Waals surface area contributed by atoms with Crippen molar-refractivity contribution in [3.05, 3.63) is 35.3 Å². The van der Waals surface area contributed by atoms with Crippen molar-refractivity contribution in [1.29, 1.82) is 0 Å². The van der Waals surface area contributed by atoms with E-state index < -0.39 is 5.82 Å². The molecule has 0 radical (unpaired) electrons. The first-order valence-corrected chi connectivity index (χ1v) is 7.65. The Bertz CT molecular complexity index is 697. The van der Waals surface area contributed by atoms with Crippen LogP contribution in [-0.2, 0) is 0 Å². The molecular weight excluding hydrogens is 281 g/mol. The van der Waals surface area contributed by atoms with E-state index in [-0.39, 0.29) is 11.3 Å². The number of nitrogens with zero attached hydrogens (tertiary/aromatic N) is 3. The van der Waals surface area contributed by atoms with Gasteiger partial charge in [-0.05, 0) is 51.3 Å². The fourth-order valence-electron chi connectivity index (χ4n) is 2.81. The van der Waals surface area contributed by atoms with Crippen molar-refractivity contribution in [3.8, 4) is 17.0 Å². The van der Waals surface area contributed by atoms with Gasteiger partial charge in [0.2, 0.25) is 5.95 Å². The summed E-state index contributed by atoms with van der Waals surface area (Å²) in [5.41, 5.74) is 2.26. The molecule has 0 aliphatic carbocycles. The van der Waals surface area contributed by atoms with Crippen LogP contribution in [0.3, 0.4) is 0 Å². The molecule has 1 fully saturated rings. The van der Waals surface area contributed by atoms with Crippen molar-refractivity contribution in [2.24, 2.45) is 0 Å². The summed E-state index contributed by atoms with van der Waals surface area (Å²) in [6, 6.07) is 4.75. The van der Waals surface area contributed by atoms with Gasteiger partial charge < -0.3 is 10.0 Å². The molecule has 1 N–H and O–H groups in total. The van der Waals surface area contributed by atoms with Gasteiger partial charge in [0.25, 0.3) is 0 Å². The fourth-order valence-corrected chi connectivity index (χ4v) is 2.81. The molecule has 1 aliphatic rings. The first kappa shape index (κ1) is 14.8. The van der Waals surface area contributed by atoms with Crippen LogP contribution in [0.4, 0.5) is 10.3 Å². The molecule has 1 aliphatic heterocycles. The van der Waals surface area contributed by atoms with Gasteiger partial charge in [-0.2, -0.15) is 0 Å². The molecule has 0 spiro atoms. The number of aromatic hydroxyl groups is 1. The highest BCUT2D eigenvalue weighted by Gasteiger charge is 2.17. The lowest BCUT2D eigenvalue weighted by Gasteiger charge is -2.27. The Kier molecular flexibility index (Phi) is 3.96. The number of anilines is 1. The normalized spacial score (nSPS) is 15.1. The third-order valence-electron chi connectivity index (χ3n) is 4.12. The van der Waals surface area contributed by atoms with Crippen LogP contribution in [0, 0.1) is 19.7 Å². The molecule has 1 aromatic carbocycles. The van der Waals surface area contributed by atoms with E-state index in [2.05, 4.69) is 14.9 Å². The molecular formula is C17H20FN3O. The van der Waals surface area contributed by atoms with Gasteiger partial charge in [0, 0.05) is 29.9 Å². The topological polar surface area (TPSA) is 49.3 Å². The van der Waals surface area contributed by atoms with E-state index in [1.807, 2.05) is 13.0 Å². The van der Waals surface area contributed by atoms with Gasteiger partial charge in [-0.1, -0.05) is 0 Å². The van der Waals surface area contributed by atoms with E-state index in [0.29, 0.717) is 17.2 Å². The highest BCUT2D eigenvalue weighted by molar-refractivity contribution is 5.69. The molecule has 2 aromatic rings. The zero-order valence-corrected chi connectivity index (χ0v) is 12.9. The van der Waals surface area contributed by atoms with E-state index in [4.69, 9.17) is 0 Å². The second-order valence-electron chi connectivity index (χ2n) is 5.81. The molecule has 0 bridgehead atoms. The molecule has 3 rings (SSSR count). The summed E-state index contributed by atoms with van der Waals surface area (Å²) in [5, 5.41) is 10.2. The number of hydrogen-bond acceptors (Lipinski definition) is 4. The maximum Gasteiger partial charge on any atom is 0.226 e. The molecule has 0 unspecified atom stereocenters. The lowest BCUT2D eigenvalue weighted by Crippen LogP contribution is -2.31. The Balaban J connectivity index is 2.04.